The van der Waals surface area contributed by atoms with E-state index in [0.29, 0.717) is 11.0 Å². The summed E-state index contributed by atoms with van der Waals surface area (Å²) in [5, 5.41) is 10.9. The second-order valence-corrected chi connectivity index (χ2v) is 3.89. The van der Waals surface area contributed by atoms with E-state index in [1.54, 1.807) is 24.3 Å². The number of carbonyl (C=O) groups is 1. The number of benzene rings is 1. The molecule has 0 unspecified atom stereocenters. The molecule has 0 aliphatic carbocycles. The van der Waals surface area contributed by atoms with Gasteiger partial charge in [-0.25, -0.2) is 4.98 Å². The Morgan fingerprint density at radius 3 is 2.63 bits per heavy atom. The fraction of sp³-hybridized carbons (Fsp3) is 0.308. The summed E-state index contributed by atoms with van der Waals surface area (Å²) in [5.41, 5.74) is 0.795. The number of carboxylic acids is 1. The number of rotatable bonds is 3. The summed E-state index contributed by atoms with van der Waals surface area (Å²) in [6, 6.07) is 7.03. The monoisotopic (exact) mass is 263 g/mol. The predicted octanol–water partition coefficient (Wildman–Crippen LogP) is 1.84. The number of fused-ring (bicyclic) bond motifs is 1. The third-order valence-corrected chi connectivity index (χ3v) is 2.01. The molecule has 0 bridgehead atoms. The summed E-state index contributed by atoms with van der Waals surface area (Å²) in [4.78, 5) is 28.5. The van der Waals surface area contributed by atoms with E-state index in [2.05, 4.69) is 29.1 Å². The van der Waals surface area contributed by atoms with Crippen molar-refractivity contribution in [2.45, 2.75) is 20.3 Å². The van der Waals surface area contributed by atoms with Crippen LogP contribution in [0.5, 0.6) is 0 Å². The lowest BCUT2D eigenvalue weighted by atomic mass is 10.3. The normalized spacial score (nSPS) is 9.58. The summed E-state index contributed by atoms with van der Waals surface area (Å²) >= 11 is 0. The van der Waals surface area contributed by atoms with Crippen LogP contribution in [0.15, 0.2) is 29.1 Å². The predicted molar refractivity (Wildman–Crippen MR) is 74.5 cm³/mol. The highest BCUT2D eigenvalue weighted by Gasteiger charge is 2.05. The van der Waals surface area contributed by atoms with Crippen molar-refractivity contribution < 1.29 is 9.90 Å². The number of aromatic amines is 1. The van der Waals surface area contributed by atoms with Gasteiger partial charge in [0, 0.05) is 0 Å². The second-order valence-electron chi connectivity index (χ2n) is 3.89. The zero-order valence-corrected chi connectivity index (χ0v) is 10.9. The van der Waals surface area contributed by atoms with E-state index in [-0.39, 0.29) is 12.4 Å². The van der Waals surface area contributed by atoms with Gasteiger partial charge in [0.1, 0.15) is 6.54 Å². The molecule has 0 saturated carbocycles. The second kappa shape index (κ2) is 7.15. The molecule has 1 heterocycles. The Bertz CT molecular complexity index is 607. The Hall–Kier alpha value is -2.37. The number of anilines is 1. The first-order valence-electron chi connectivity index (χ1n) is 6.03. The number of hydrogen-bond donors (Lipinski definition) is 3. The fourth-order valence-corrected chi connectivity index (χ4v) is 1.31. The summed E-state index contributed by atoms with van der Waals surface area (Å²) < 4.78 is 0. The van der Waals surface area contributed by atoms with Crippen molar-refractivity contribution >= 4 is 22.8 Å². The van der Waals surface area contributed by atoms with Crippen LogP contribution in [-0.2, 0) is 4.79 Å². The van der Waals surface area contributed by atoms with Crippen molar-refractivity contribution in [3.8, 4) is 0 Å². The molecule has 102 valence electrons. The number of carboxylic acid groups (broad SMARTS) is 1. The van der Waals surface area contributed by atoms with Crippen LogP contribution in [0.4, 0.5) is 5.82 Å². The van der Waals surface area contributed by atoms with Gasteiger partial charge in [0.25, 0.3) is 5.56 Å². The van der Waals surface area contributed by atoms with Gasteiger partial charge in [0.05, 0.1) is 11.0 Å². The number of H-pyrrole nitrogens is 1. The first-order valence-corrected chi connectivity index (χ1v) is 6.03. The minimum Gasteiger partial charge on any atom is -0.480 e. The van der Waals surface area contributed by atoms with Crippen molar-refractivity contribution in [1.29, 1.82) is 0 Å². The first-order chi connectivity index (χ1) is 9.08. The van der Waals surface area contributed by atoms with Crippen LogP contribution in [0.25, 0.3) is 11.0 Å². The number of nitrogens with one attached hydrogen (secondary N) is 2. The van der Waals surface area contributed by atoms with Crippen molar-refractivity contribution in [2.75, 3.05) is 11.9 Å². The molecule has 0 aliphatic rings. The van der Waals surface area contributed by atoms with Crippen molar-refractivity contribution in [2.24, 2.45) is 0 Å². The Kier molecular flexibility index (Phi) is 5.53. The van der Waals surface area contributed by atoms with Gasteiger partial charge < -0.3 is 15.4 Å². The molecule has 2 rings (SSSR count). The molecule has 1 aromatic heterocycles. The van der Waals surface area contributed by atoms with E-state index in [0.717, 1.165) is 0 Å². The molecule has 0 atom stereocenters. The lowest BCUT2D eigenvalue weighted by Crippen LogP contribution is -2.21. The summed E-state index contributed by atoms with van der Waals surface area (Å²) in [6.45, 7) is 3.91. The average Bonchev–Trinajstić information content (AvgIpc) is 2.37. The third-order valence-electron chi connectivity index (χ3n) is 2.01. The van der Waals surface area contributed by atoms with Crippen molar-refractivity contribution in [1.82, 2.24) is 9.97 Å². The average molecular weight is 263 g/mol. The molecular formula is C13H17N3O3. The molecule has 2 aromatic rings. The minimum absolute atomic E-state index is 0.0149. The van der Waals surface area contributed by atoms with Crippen LogP contribution in [-0.4, -0.2) is 27.6 Å². The van der Waals surface area contributed by atoms with E-state index in [1.807, 2.05) is 0 Å². The van der Waals surface area contributed by atoms with Crippen molar-refractivity contribution in [3.05, 3.63) is 34.6 Å². The molecule has 0 radical (unpaired) electrons. The van der Waals surface area contributed by atoms with E-state index in [4.69, 9.17) is 5.11 Å². The molecular weight excluding hydrogens is 246 g/mol. The Balaban J connectivity index is 0.000000550. The maximum absolute atomic E-state index is 11.5. The molecule has 6 heteroatoms. The van der Waals surface area contributed by atoms with Crippen molar-refractivity contribution in [3.63, 3.8) is 0 Å². The van der Waals surface area contributed by atoms with Gasteiger partial charge in [0.2, 0.25) is 0 Å². The molecule has 6 nitrogen and oxygen atoms in total. The number of nitrogens with zero attached hydrogens (tertiary/aromatic N) is 1. The highest BCUT2D eigenvalue weighted by Crippen LogP contribution is 2.07. The van der Waals surface area contributed by atoms with Gasteiger partial charge in [0.15, 0.2) is 5.82 Å². The highest BCUT2D eigenvalue weighted by atomic mass is 16.4. The topological polar surface area (TPSA) is 95.1 Å². The molecule has 0 spiro atoms. The maximum Gasteiger partial charge on any atom is 0.322 e. The first kappa shape index (κ1) is 14.7. The van der Waals surface area contributed by atoms with Crippen LogP contribution in [0.2, 0.25) is 0 Å². The largest absolute Gasteiger partial charge is 0.480 e. The Labute approximate surface area is 110 Å². The number of aliphatic carboxylic acids is 1. The Morgan fingerprint density at radius 1 is 1.37 bits per heavy atom. The van der Waals surface area contributed by atoms with Crippen LogP contribution in [0, 0.1) is 0 Å². The lowest BCUT2D eigenvalue weighted by molar-refractivity contribution is -0.134. The molecule has 0 saturated heterocycles. The lowest BCUT2D eigenvalue weighted by Gasteiger charge is -2.02. The maximum atomic E-state index is 11.5. The van der Waals surface area contributed by atoms with E-state index < -0.39 is 11.5 Å². The zero-order valence-electron chi connectivity index (χ0n) is 10.9. The van der Waals surface area contributed by atoms with Gasteiger partial charge in [-0.1, -0.05) is 32.4 Å². The van der Waals surface area contributed by atoms with Gasteiger partial charge >= 0.3 is 5.97 Å². The highest BCUT2D eigenvalue weighted by molar-refractivity contribution is 5.76. The molecule has 1 aromatic carbocycles. The molecule has 0 fully saturated rings. The van der Waals surface area contributed by atoms with E-state index in [1.165, 1.54) is 6.42 Å². The fourth-order valence-electron chi connectivity index (χ4n) is 1.31. The quantitative estimate of drug-likeness (QED) is 0.785. The molecule has 19 heavy (non-hydrogen) atoms. The summed E-state index contributed by atoms with van der Waals surface area (Å²) in [5.74, 6) is -1.03. The SMILES string of the molecule is CCC.O=C(O)CNc1nc2ccccc2[nH]c1=O. The standard InChI is InChI=1S/C10H9N3O3.C3H8/c14-8(15)5-11-9-10(16)13-7-4-2-1-3-6(7)12-9;1-3-2/h1-4H,5H2,(H,11,12)(H,13,16)(H,14,15);3H2,1-2H3. The molecule has 0 aliphatic heterocycles. The minimum atomic E-state index is -1.05. The van der Waals surface area contributed by atoms with E-state index in [9.17, 15) is 9.59 Å². The van der Waals surface area contributed by atoms with E-state index >= 15 is 0 Å². The van der Waals surface area contributed by atoms with Crippen LogP contribution >= 0.6 is 0 Å². The van der Waals surface area contributed by atoms with Gasteiger partial charge in [-0.15, -0.1) is 0 Å². The third kappa shape index (κ3) is 4.42. The van der Waals surface area contributed by atoms with Gasteiger partial charge in [-0.2, -0.15) is 0 Å². The number of para-hydroxylation sites is 2. The van der Waals surface area contributed by atoms with Crippen LogP contribution in [0.3, 0.4) is 0 Å². The van der Waals surface area contributed by atoms with Crippen LogP contribution < -0.4 is 10.9 Å². The number of aromatic nitrogens is 2. The Morgan fingerprint density at radius 2 is 2.00 bits per heavy atom. The van der Waals surface area contributed by atoms with Gasteiger partial charge in [-0.3, -0.25) is 9.59 Å². The molecule has 0 amide bonds. The van der Waals surface area contributed by atoms with Gasteiger partial charge in [-0.05, 0) is 12.1 Å². The zero-order chi connectivity index (χ0) is 14.3. The number of hydrogen-bond acceptors (Lipinski definition) is 4. The van der Waals surface area contributed by atoms with Crippen LogP contribution in [0.1, 0.15) is 20.3 Å². The molecule has 3 N–H and O–H groups in total. The summed E-state index contributed by atoms with van der Waals surface area (Å²) in [7, 11) is 0. The smallest absolute Gasteiger partial charge is 0.322 e. The summed E-state index contributed by atoms with van der Waals surface area (Å²) in [6.07, 6.45) is 1.25.